The summed E-state index contributed by atoms with van der Waals surface area (Å²) in [6.45, 7) is 1.76. The number of aryl methyl sites for hydroxylation is 1. The second-order valence-electron chi connectivity index (χ2n) is 4.39. The summed E-state index contributed by atoms with van der Waals surface area (Å²) < 4.78 is 27.7. The van der Waals surface area contributed by atoms with Gasteiger partial charge in [0.2, 0.25) is 10.0 Å². The van der Waals surface area contributed by atoms with Crippen LogP contribution in [0.5, 0.6) is 0 Å². The number of halogens is 1. The SMILES string of the molecule is Cc1cc(Br)c(N)cc1S(=O)(=O)NC1CCC1. The lowest BCUT2D eigenvalue weighted by molar-refractivity contribution is 0.383. The topological polar surface area (TPSA) is 72.2 Å². The third-order valence-electron chi connectivity index (χ3n) is 3.01. The van der Waals surface area contributed by atoms with Crippen molar-refractivity contribution in [1.82, 2.24) is 4.72 Å². The van der Waals surface area contributed by atoms with Crippen LogP contribution >= 0.6 is 15.9 Å². The van der Waals surface area contributed by atoms with Gasteiger partial charge in [0.15, 0.2) is 0 Å². The van der Waals surface area contributed by atoms with Crippen LogP contribution in [0.2, 0.25) is 0 Å². The van der Waals surface area contributed by atoms with E-state index in [1.54, 1.807) is 13.0 Å². The molecule has 2 rings (SSSR count). The van der Waals surface area contributed by atoms with E-state index in [4.69, 9.17) is 5.73 Å². The van der Waals surface area contributed by atoms with E-state index in [0.717, 1.165) is 23.7 Å². The minimum Gasteiger partial charge on any atom is -0.398 e. The summed E-state index contributed by atoms with van der Waals surface area (Å²) in [5, 5.41) is 0. The highest BCUT2D eigenvalue weighted by molar-refractivity contribution is 9.10. The largest absolute Gasteiger partial charge is 0.398 e. The Labute approximate surface area is 110 Å². The van der Waals surface area contributed by atoms with Crippen LogP contribution in [0, 0.1) is 6.92 Å². The van der Waals surface area contributed by atoms with Gasteiger partial charge in [0.1, 0.15) is 0 Å². The second-order valence-corrected chi connectivity index (χ2v) is 6.93. The van der Waals surface area contributed by atoms with Crippen LogP contribution in [-0.2, 0) is 10.0 Å². The summed E-state index contributed by atoms with van der Waals surface area (Å²) in [6.07, 6.45) is 2.93. The van der Waals surface area contributed by atoms with E-state index < -0.39 is 10.0 Å². The zero-order valence-electron chi connectivity index (χ0n) is 9.53. The van der Waals surface area contributed by atoms with Gasteiger partial charge in [-0.1, -0.05) is 6.42 Å². The van der Waals surface area contributed by atoms with Gasteiger partial charge in [-0.05, 0) is 53.4 Å². The molecule has 1 aromatic carbocycles. The van der Waals surface area contributed by atoms with Gasteiger partial charge >= 0.3 is 0 Å². The summed E-state index contributed by atoms with van der Waals surface area (Å²) in [5.74, 6) is 0. The van der Waals surface area contributed by atoms with Crippen molar-refractivity contribution in [2.75, 3.05) is 5.73 Å². The average molecular weight is 319 g/mol. The standard InChI is InChI=1S/C11H15BrN2O2S/c1-7-5-9(12)10(13)6-11(7)17(15,16)14-8-3-2-4-8/h5-6,8,14H,2-4,13H2,1H3. The number of nitrogen functional groups attached to an aromatic ring is 1. The summed E-state index contributed by atoms with van der Waals surface area (Å²) in [6, 6.07) is 3.31. The van der Waals surface area contributed by atoms with Crippen LogP contribution in [-0.4, -0.2) is 14.5 Å². The molecule has 1 aromatic rings. The van der Waals surface area contributed by atoms with Crippen molar-refractivity contribution in [2.24, 2.45) is 0 Å². The average Bonchev–Trinajstić information content (AvgIpc) is 2.17. The van der Waals surface area contributed by atoms with Crippen LogP contribution in [0.15, 0.2) is 21.5 Å². The molecule has 17 heavy (non-hydrogen) atoms. The molecule has 1 aliphatic rings. The number of nitrogens with two attached hydrogens (primary N) is 1. The van der Waals surface area contributed by atoms with Crippen LogP contribution < -0.4 is 10.5 Å². The van der Waals surface area contributed by atoms with Gasteiger partial charge in [0.05, 0.1) is 4.90 Å². The lowest BCUT2D eigenvalue weighted by atomic mass is 9.94. The molecule has 3 N–H and O–H groups in total. The predicted octanol–water partition coefficient (Wildman–Crippen LogP) is 2.17. The van der Waals surface area contributed by atoms with Gasteiger partial charge in [-0.3, -0.25) is 0 Å². The van der Waals surface area contributed by atoms with E-state index >= 15 is 0 Å². The lowest BCUT2D eigenvalue weighted by Crippen LogP contribution is -2.39. The maximum atomic E-state index is 12.1. The molecular formula is C11H15BrN2O2S. The van der Waals surface area contributed by atoms with Crippen molar-refractivity contribution in [2.45, 2.75) is 37.1 Å². The summed E-state index contributed by atoms with van der Waals surface area (Å²) in [5.41, 5.74) is 6.85. The summed E-state index contributed by atoms with van der Waals surface area (Å²) in [7, 11) is -3.44. The van der Waals surface area contributed by atoms with Gasteiger partial charge < -0.3 is 5.73 Å². The van der Waals surface area contributed by atoms with Crippen LogP contribution in [0.25, 0.3) is 0 Å². The molecule has 0 bridgehead atoms. The molecule has 0 spiro atoms. The first-order valence-corrected chi connectivity index (χ1v) is 7.76. The van der Waals surface area contributed by atoms with Gasteiger partial charge in [0.25, 0.3) is 0 Å². The first kappa shape index (κ1) is 12.9. The van der Waals surface area contributed by atoms with Gasteiger partial charge in [-0.25, -0.2) is 13.1 Å². The summed E-state index contributed by atoms with van der Waals surface area (Å²) >= 11 is 3.28. The molecule has 0 radical (unpaired) electrons. The van der Waals surface area contributed by atoms with Gasteiger partial charge in [-0.15, -0.1) is 0 Å². The van der Waals surface area contributed by atoms with E-state index in [0.29, 0.717) is 11.3 Å². The van der Waals surface area contributed by atoms with E-state index in [1.807, 2.05) is 0 Å². The highest BCUT2D eigenvalue weighted by Gasteiger charge is 2.26. The minimum atomic E-state index is -3.44. The van der Waals surface area contributed by atoms with Crippen LogP contribution in [0.4, 0.5) is 5.69 Å². The number of sulfonamides is 1. The van der Waals surface area contributed by atoms with Crippen molar-refractivity contribution in [3.05, 3.63) is 22.2 Å². The lowest BCUT2D eigenvalue weighted by Gasteiger charge is -2.26. The normalized spacial score (nSPS) is 16.8. The van der Waals surface area contributed by atoms with Crippen molar-refractivity contribution in [1.29, 1.82) is 0 Å². The number of rotatable bonds is 3. The zero-order valence-corrected chi connectivity index (χ0v) is 11.9. The Morgan fingerprint density at radius 2 is 2.06 bits per heavy atom. The number of nitrogens with one attached hydrogen (secondary N) is 1. The molecule has 0 amide bonds. The van der Waals surface area contributed by atoms with Gasteiger partial charge in [0, 0.05) is 16.2 Å². The quantitative estimate of drug-likeness (QED) is 0.839. The third-order valence-corrected chi connectivity index (χ3v) is 5.36. The number of benzene rings is 1. The Hall–Kier alpha value is -0.590. The number of hydrogen-bond donors (Lipinski definition) is 2. The predicted molar refractivity (Wildman–Crippen MR) is 71.3 cm³/mol. The highest BCUT2D eigenvalue weighted by atomic mass is 79.9. The zero-order chi connectivity index (χ0) is 12.6. The van der Waals surface area contributed by atoms with Crippen LogP contribution in [0.3, 0.4) is 0 Å². The maximum Gasteiger partial charge on any atom is 0.241 e. The van der Waals surface area contributed by atoms with E-state index in [1.165, 1.54) is 6.07 Å². The van der Waals surface area contributed by atoms with E-state index in [9.17, 15) is 8.42 Å². The van der Waals surface area contributed by atoms with Crippen molar-refractivity contribution in [3.63, 3.8) is 0 Å². The fourth-order valence-electron chi connectivity index (χ4n) is 1.77. The number of hydrogen-bond acceptors (Lipinski definition) is 3. The van der Waals surface area contributed by atoms with Crippen molar-refractivity contribution >= 4 is 31.6 Å². The Kier molecular flexibility index (Phi) is 3.47. The fraction of sp³-hybridized carbons (Fsp3) is 0.455. The molecule has 1 fully saturated rings. The molecule has 0 atom stereocenters. The van der Waals surface area contributed by atoms with Crippen molar-refractivity contribution < 1.29 is 8.42 Å². The smallest absolute Gasteiger partial charge is 0.241 e. The molecule has 6 heteroatoms. The molecule has 0 aliphatic heterocycles. The highest BCUT2D eigenvalue weighted by Crippen LogP contribution is 2.28. The Morgan fingerprint density at radius 1 is 1.41 bits per heavy atom. The molecule has 0 aromatic heterocycles. The molecule has 0 saturated heterocycles. The third kappa shape index (κ3) is 2.64. The maximum absolute atomic E-state index is 12.1. The monoisotopic (exact) mass is 318 g/mol. The minimum absolute atomic E-state index is 0.0873. The molecular weight excluding hydrogens is 304 g/mol. The Bertz CT molecular complexity index is 539. The number of anilines is 1. The second kappa shape index (κ2) is 4.59. The molecule has 94 valence electrons. The Balaban J connectivity index is 2.35. The molecule has 1 aliphatic carbocycles. The molecule has 0 heterocycles. The molecule has 0 unspecified atom stereocenters. The summed E-state index contributed by atoms with van der Waals surface area (Å²) in [4.78, 5) is 0.269. The van der Waals surface area contributed by atoms with Crippen molar-refractivity contribution in [3.8, 4) is 0 Å². The van der Waals surface area contributed by atoms with Gasteiger partial charge in [-0.2, -0.15) is 0 Å². The molecule has 4 nitrogen and oxygen atoms in total. The van der Waals surface area contributed by atoms with E-state index in [2.05, 4.69) is 20.7 Å². The van der Waals surface area contributed by atoms with Crippen LogP contribution in [0.1, 0.15) is 24.8 Å². The Morgan fingerprint density at radius 3 is 2.59 bits per heavy atom. The fourth-order valence-corrected chi connectivity index (χ4v) is 3.79. The molecule has 1 saturated carbocycles. The van der Waals surface area contributed by atoms with E-state index in [-0.39, 0.29) is 10.9 Å². The first-order chi connectivity index (χ1) is 7.90. The first-order valence-electron chi connectivity index (χ1n) is 5.48.